The molecule has 0 bridgehead atoms. The number of esters is 1. The van der Waals surface area contributed by atoms with Gasteiger partial charge in [-0.15, -0.1) is 0 Å². The van der Waals surface area contributed by atoms with Gasteiger partial charge in [0.2, 0.25) is 15.9 Å². The molecule has 0 unspecified atom stereocenters. The molecule has 10 heteroatoms. The minimum atomic E-state index is -3.94. The zero-order valence-electron chi connectivity index (χ0n) is 16.8. The second-order valence-electron chi connectivity index (χ2n) is 7.12. The average molecular weight is 426 g/mol. The van der Waals surface area contributed by atoms with Crippen molar-refractivity contribution < 1.29 is 27.5 Å². The minimum Gasteiger partial charge on any atom is -0.455 e. The van der Waals surface area contributed by atoms with Gasteiger partial charge >= 0.3 is 5.97 Å². The molecule has 0 aromatic heterocycles. The number of sulfonamides is 1. The van der Waals surface area contributed by atoms with Gasteiger partial charge in [-0.1, -0.05) is 0 Å². The average Bonchev–Trinajstić information content (AvgIpc) is 2.64. The van der Waals surface area contributed by atoms with Gasteiger partial charge in [0.05, 0.1) is 4.90 Å². The molecular weight excluding hydrogens is 398 g/mol. The van der Waals surface area contributed by atoms with Gasteiger partial charge in [-0.25, -0.2) is 8.42 Å². The molecule has 1 aliphatic heterocycles. The molecule has 0 radical (unpaired) electrons. The highest BCUT2D eigenvalue weighted by Crippen LogP contribution is 2.22. The van der Waals surface area contributed by atoms with E-state index in [0.29, 0.717) is 5.69 Å². The lowest BCUT2D eigenvalue weighted by molar-refractivity contribution is -0.154. The van der Waals surface area contributed by atoms with E-state index in [1.165, 1.54) is 31.2 Å². The van der Waals surface area contributed by atoms with Crippen LogP contribution in [0.5, 0.6) is 0 Å². The van der Waals surface area contributed by atoms with Crippen molar-refractivity contribution >= 4 is 33.5 Å². The van der Waals surface area contributed by atoms with Crippen molar-refractivity contribution in [2.45, 2.75) is 57.0 Å². The second-order valence-corrected chi connectivity index (χ2v) is 8.89. The van der Waals surface area contributed by atoms with Crippen LogP contribution in [0, 0.1) is 0 Å². The Morgan fingerprint density at radius 3 is 2.24 bits per heavy atom. The first-order valence-corrected chi connectivity index (χ1v) is 10.9. The summed E-state index contributed by atoms with van der Waals surface area (Å²) in [6.07, 6.45) is 2.87. The molecule has 1 fully saturated rings. The molecule has 0 saturated carbocycles. The Hall–Kier alpha value is -2.46. The van der Waals surface area contributed by atoms with Crippen molar-refractivity contribution in [3.63, 3.8) is 0 Å². The van der Waals surface area contributed by atoms with Crippen molar-refractivity contribution in [3.05, 3.63) is 24.3 Å². The van der Waals surface area contributed by atoms with Gasteiger partial charge in [-0.3, -0.25) is 14.4 Å². The number of amides is 2. The second kappa shape index (κ2) is 9.84. The Labute approximate surface area is 170 Å². The van der Waals surface area contributed by atoms with Crippen LogP contribution in [-0.2, 0) is 29.1 Å². The smallest absolute Gasteiger partial charge is 0.321 e. The SMILES string of the molecule is CC(=O)Nc1ccc(S(=O)(=O)NCC(=O)OCC(=O)N2[C@@H](C)CCC[C@@H]2C)cc1. The summed E-state index contributed by atoms with van der Waals surface area (Å²) < 4.78 is 31.6. The molecule has 160 valence electrons. The van der Waals surface area contributed by atoms with Crippen LogP contribution in [0.3, 0.4) is 0 Å². The first-order chi connectivity index (χ1) is 13.6. The third-order valence-corrected chi connectivity index (χ3v) is 6.15. The van der Waals surface area contributed by atoms with Crippen LogP contribution in [0.25, 0.3) is 0 Å². The van der Waals surface area contributed by atoms with Gasteiger partial charge < -0.3 is 15.0 Å². The van der Waals surface area contributed by atoms with Gasteiger partial charge in [-0.2, -0.15) is 4.72 Å². The quantitative estimate of drug-likeness (QED) is 0.634. The predicted molar refractivity (Wildman–Crippen MR) is 107 cm³/mol. The van der Waals surface area contributed by atoms with E-state index in [2.05, 4.69) is 10.0 Å². The molecule has 2 amide bonds. The summed E-state index contributed by atoms with van der Waals surface area (Å²) in [5.41, 5.74) is 0.454. The predicted octanol–water partition coefficient (Wildman–Crippen LogP) is 1.26. The standard InChI is InChI=1S/C19H27N3O6S/c1-13-5-4-6-14(2)22(13)18(24)12-28-19(25)11-20-29(26,27)17-9-7-16(8-10-17)21-15(3)23/h7-10,13-14,20H,4-6,11-12H2,1-3H3,(H,21,23)/t13-,14-/m0/s1. The highest BCUT2D eigenvalue weighted by Gasteiger charge is 2.29. The lowest BCUT2D eigenvalue weighted by Crippen LogP contribution is -2.49. The molecule has 0 spiro atoms. The van der Waals surface area contributed by atoms with Crippen molar-refractivity contribution in [1.29, 1.82) is 0 Å². The van der Waals surface area contributed by atoms with Crippen LogP contribution in [0.15, 0.2) is 29.2 Å². The number of likely N-dealkylation sites (tertiary alicyclic amines) is 1. The number of hydrogen-bond acceptors (Lipinski definition) is 6. The molecule has 2 atom stereocenters. The van der Waals surface area contributed by atoms with Crippen LogP contribution in [0.2, 0.25) is 0 Å². The molecule has 29 heavy (non-hydrogen) atoms. The number of carbonyl (C=O) groups excluding carboxylic acids is 3. The highest BCUT2D eigenvalue weighted by molar-refractivity contribution is 7.89. The molecule has 1 aromatic rings. The third-order valence-electron chi connectivity index (χ3n) is 4.73. The van der Waals surface area contributed by atoms with E-state index in [1.54, 1.807) is 4.90 Å². The van der Waals surface area contributed by atoms with E-state index in [1.807, 2.05) is 13.8 Å². The van der Waals surface area contributed by atoms with Crippen molar-refractivity contribution in [3.8, 4) is 0 Å². The Bertz CT molecular complexity index is 843. The summed E-state index contributed by atoms with van der Waals surface area (Å²) in [6, 6.07) is 5.66. The zero-order valence-corrected chi connectivity index (χ0v) is 17.6. The molecule has 9 nitrogen and oxygen atoms in total. The number of hydrogen-bond donors (Lipinski definition) is 2. The third kappa shape index (κ3) is 6.53. The summed E-state index contributed by atoms with van der Waals surface area (Å²) in [5, 5.41) is 2.53. The summed E-state index contributed by atoms with van der Waals surface area (Å²) >= 11 is 0. The van der Waals surface area contributed by atoms with E-state index in [4.69, 9.17) is 4.74 Å². The first kappa shape index (κ1) is 22.8. The summed E-state index contributed by atoms with van der Waals surface area (Å²) in [7, 11) is -3.94. The van der Waals surface area contributed by atoms with Crippen LogP contribution in [-0.4, -0.2) is 56.3 Å². The van der Waals surface area contributed by atoms with Crippen molar-refractivity contribution in [1.82, 2.24) is 9.62 Å². The van der Waals surface area contributed by atoms with Crippen LogP contribution < -0.4 is 10.0 Å². The number of piperidine rings is 1. The van der Waals surface area contributed by atoms with Crippen LogP contribution in [0.1, 0.15) is 40.0 Å². The van der Waals surface area contributed by atoms with E-state index in [0.717, 1.165) is 19.3 Å². The zero-order chi connectivity index (χ0) is 21.6. The topological polar surface area (TPSA) is 122 Å². The summed E-state index contributed by atoms with van der Waals surface area (Å²) in [4.78, 5) is 36.9. The number of rotatable bonds is 7. The van der Waals surface area contributed by atoms with Crippen LogP contribution in [0.4, 0.5) is 5.69 Å². The van der Waals surface area contributed by atoms with Gasteiger partial charge in [0, 0.05) is 24.7 Å². The maximum Gasteiger partial charge on any atom is 0.321 e. The molecule has 1 saturated heterocycles. The van der Waals surface area contributed by atoms with Gasteiger partial charge in [0.25, 0.3) is 5.91 Å². The fourth-order valence-corrected chi connectivity index (χ4v) is 4.31. The highest BCUT2D eigenvalue weighted by atomic mass is 32.2. The maximum atomic E-state index is 12.3. The van der Waals surface area contributed by atoms with Crippen molar-refractivity contribution in [2.75, 3.05) is 18.5 Å². The molecule has 2 N–H and O–H groups in total. The van der Waals surface area contributed by atoms with Gasteiger partial charge in [-0.05, 0) is 57.4 Å². The summed E-state index contributed by atoms with van der Waals surface area (Å²) in [5.74, 6) is -1.40. The molecule has 1 aromatic carbocycles. The minimum absolute atomic E-state index is 0.0635. The number of anilines is 1. The van der Waals surface area contributed by atoms with Crippen LogP contribution >= 0.6 is 0 Å². The van der Waals surface area contributed by atoms with E-state index < -0.39 is 29.1 Å². The Balaban J connectivity index is 1.84. The van der Waals surface area contributed by atoms with E-state index in [9.17, 15) is 22.8 Å². The van der Waals surface area contributed by atoms with E-state index in [-0.39, 0.29) is 28.8 Å². The van der Waals surface area contributed by atoms with E-state index >= 15 is 0 Å². The van der Waals surface area contributed by atoms with Gasteiger partial charge in [0.1, 0.15) is 6.54 Å². The molecule has 1 aliphatic rings. The Morgan fingerprint density at radius 2 is 1.69 bits per heavy atom. The lowest BCUT2D eigenvalue weighted by atomic mass is 9.97. The fourth-order valence-electron chi connectivity index (χ4n) is 3.34. The largest absolute Gasteiger partial charge is 0.455 e. The molecule has 0 aliphatic carbocycles. The molecular formula is C19H27N3O6S. The number of benzene rings is 1. The normalized spacial score (nSPS) is 19.5. The lowest BCUT2D eigenvalue weighted by Gasteiger charge is -2.38. The van der Waals surface area contributed by atoms with Gasteiger partial charge in [0.15, 0.2) is 6.61 Å². The van der Waals surface area contributed by atoms with Crippen molar-refractivity contribution in [2.24, 2.45) is 0 Å². The molecule has 1 heterocycles. The number of carbonyl (C=O) groups is 3. The number of nitrogens with one attached hydrogen (secondary N) is 2. The number of ether oxygens (including phenoxy) is 1. The Morgan fingerprint density at radius 1 is 1.10 bits per heavy atom. The number of nitrogens with zero attached hydrogens (tertiary/aromatic N) is 1. The monoisotopic (exact) mass is 425 g/mol. The maximum absolute atomic E-state index is 12.3. The Kier molecular flexibility index (Phi) is 7.74. The first-order valence-electron chi connectivity index (χ1n) is 9.44. The fraction of sp³-hybridized carbons (Fsp3) is 0.526. The summed E-state index contributed by atoms with van der Waals surface area (Å²) in [6.45, 7) is 4.26. The molecule has 2 rings (SSSR count).